The molecule has 1 heterocycles. The number of aromatic amines is 1. The molecule has 2 fully saturated rings. The number of carbonyl (C=O) groups is 1. The van der Waals surface area contributed by atoms with E-state index < -0.39 is 0 Å². The molecule has 0 spiro atoms. The maximum absolute atomic E-state index is 12.7. The van der Waals surface area contributed by atoms with Gasteiger partial charge in [-0.25, -0.2) is 4.98 Å². The molecular formula is C19H30N4O2. The normalized spacial score (nSPS) is 28.4. The molecule has 1 aromatic rings. The largest absolute Gasteiger partial charge is 0.342 e. The maximum Gasteiger partial charge on any atom is 0.254 e. The van der Waals surface area contributed by atoms with E-state index in [1.54, 1.807) is 13.8 Å². The SMILES string of the molecule is Cc1nc(C)c(CC(=O)N(C)C2C[C@H]3CC(N(C)C)C[C@H]3C2)c(=O)[nH]1. The van der Waals surface area contributed by atoms with E-state index in [2.05, 4.69) is 29.0 Å². The fourth-order valence-electron chi connectivity index (χ4n) is 4.73. The van der Waals surface area contributed by atoms with Crippen LogP contribution in [0.1, 0.15) is 42.8 Å². The van der Waals surface area contributed by atoms with Gasteiger partial charge in [-0.2, -0.15) is 0 Å². The molecule has 1 N–H and O–H groups in total. The molecular weight excluding hydrogens is 316 g/mol. The lowest BCUT2D eigenvalue weighted by atomic mass is 10.0. The first-order valence-electron chi connectivity index (χ1n) is 9.24. The van der Waals surface area contributed by atoms with Crippen LogP contribution in [0, 0.1) is 25.7 Å². The number of hydrogen-bond acceptors (Lipinski definition) is 4. The second-order valence-electron chi connectivity index (χ2n) is 8.13. The second kappa shape index (κ2) is 6.90. The van der Waals surface area contributed by atoms with Crippen molar-refractivity contribution < 1.29 is 4.79 Å². The third kappa shape index (κ3) is 3.64. The lowest BCUT2D eigenvalue weighted by Gasteiger charge is -2.27. The van der Waals surface area contributed by atoms with Gasteiger partial charge in [-0.1, -0.05) is 0 Å². The number of fused-ring (bicyclic) bond motifs is 1. The van der Waals surface area contributed by atoms with Crippen LogP contribution in [0.15, 0.2) is 4.79 Å². The number of aromatic nitrogens is 2. The van der Waals surface area contributed by atoms with Crippen LogP contribution in [-0.2, 0) is 11.2 Å². The Hall–Kier alpha value is -1.69. The third-order valence-corrected chi connectivity index (χ3v) is 6.31. The fraction of sp³-hybridized carbons (Fsp3) is 0.737. The van der Waals surface area contributed by atoms with Crippen molar-refractivity contribution in [3.05, 3.63) is 27.4 Å². The molecule has 25 heavy (non-hydrogen) atoms. The third-order valence-electron chi connectivity index (χ3n) is 6.31. The van der Waals surface area contributed by atoms with E-state index in [1.807, 2.05) is 11.9 Å². The summed E-state index contributed by atoms with van der Waals surface area (Å²) in [5.41, 5.74) is 0.956. The summed E-state index contributed by atoms with van der Waals surface area (Å²) in [5, 5.41) is 0. The van der Waals surface area contributed by atoms with E-state index in [0.717, 1.165) is 24.7 Å². The molecule has 2 saturated carbocycles. The minimum absolute atomic E-state index is 0.0217. The zero-order valence-corrected chi connectivity index (χ0v) is 16.0. The van der Waals surface area contributed by atoms with Gasteiger partial charge in [-0.05, 0) is 65.5 Å². The van der Waals surface area contributed by atoms with Crippen molar-refractivity contribution in [2.45, 2.75) is 58.0 Å². The number of amides is 1. The Labute approximate surface area is 149 Å². The van der Waals surface area contributed by atoms with Gasteiger partial charge in [0, 0.05) is 30.4 Å². The Morgan fingerprint density at radius 3 is 2.16 bits per heavy atom. The smallest absolute Gasteiger partial charge is 0.254 e. The number of nitrogens with one attached hydrogen (secondary N) is 1. The number of likely N-dealkylation sites (N-methyl/N-ethyl adjacent to an activating group) is 1. The first-order chi connectivity index (χ1) is 11.8. The van der Waals surface area contributed by atoms with Gasteiger partial charge in [-0.3, -0.25) is 9.59 Å². The summed E-state index contributed by atoms with van der Waals surface area (Å²) in [6.45, 7) is 3.55. The van der Waals surface area contributed by atoms with Crippen molar-refractivity contribution in [2.75, 3.05) is 21.1 Å². The quantitative estimate of drug-likeness (QED) is 0.897. The zero-order chi connectivity index (χ0) is 18.3. The molecule has 2 aliphatic carbocycles. The number of hydrogen-bond donors (Lipinski definition) is 1. The molecule has 1 aromatic heterocycles. The average molecular weight is 346 g/mol. The van der Waals surface area contributed by atoms with Crippen LogP contribution in [0.5, 0.6) is 0 Å². The van der Waals surface area contributed by atoms with Gasteiger partial charge in [0.15, 0.2) is 0 Å². The van der Waals surface area contributed by atoms with Crippen LogP contribution >= 0.6 is 0 Å². The molecule has 3 rings (SSSR count). The van der Waals surface area contributed by atoms with Crippen LogP contribution in [0.3, 0.4) is 0 Å². The molecule has 6 nitrogen and oxygen atoms in total. The number of rotatable bonds is 4. The Balaban J connectivity index is 1.62. The minimum atomic E-state index is -0.191. The van der Waals surface area contributed by atoms with Crippen LogP contribution in [-0.4, -0.2) is 58.9 Å². The van der Waals surface area contributed by atoms with E-state index in [-0.39, 0.29) is 17.9 Å². The maximum atomic E-state index is 12.7. The Kier molecular flexibility index (Phi) is 5.00. The number of carbonyl (C=O) groups excluding carboxylic acids is 1. The molecule has 2 aliphatic rings. The van der Waals surface area contributed by atoms with E-state index in [9.17, 15) is 9.59 Å². The summed E-state index contributed by atoms with van der Waals surface area (Å²) in [5.74, 6) is 2.08. The van der Waals surface area contributed by atoms with Gasteiger partial charge in [0.25, 0.3) is 5.56 Å². The molecule has 4 atom stereocenters. The van der Waals surface area contributed by atoms with Gasteiger partial charge in [0.2, 0.25) is 5.91 Å². The summed E-state index contributed by atoms with van der Waals surface area (Å²) in [6.07, 6.45) is 4.82. The molecule has 0 radical (unpaired) electrons. The predicted molar refractivity (Wildman–Crippen MR) is 97.5 cm³/mol. The van der Waals surface area contributed by atoms with Gasteiger partial charge >= 0.3 is 0 Å². The van der Waals surface area contributed by atoms with E-state index in [0.29, 0.717) is 29.2 Å². The Morgan fingerprint density at radius 1 is 1.08 bits per heavy atom. The topological polar surface area (TPSA) is 69.3 Å². The predicted octanol–water partition coefficient (Wildman–Crippen LogP) is 1.51. The summed E-state index contributed by atoms with van der Waals surface area (Å²) in [7, 11) is 6.21. The average Bonchev–Trinajstić information content (AvgIpc) is 3.08. The van der Waals surface area contributed by atoms with Crippen LogP contribution in [0.4, 0.5) is 0 Å². The lowest BCUT2D eigenvalue weighted by molar-refractivity contribution is -0.131. The van der Waals surface area contributed by atoms with Gasteiger partial charge in [0.05, 0.1) is 6.42 Å². The van der Waals surface area contributed by atoms with Crippen molar-refractivity contribution >= 4 is 5.91 Å². The molecule has 2 unspecified atom stereocenters. The van der Waals surface area contributed by atoms with Crippen molar-refractivity contribution in [1.82, 2.24) is 19.8 Å². The first-order valence-corrected chi connectivity index (χ1v) is 9.24. The van der Waals surface area contributed by atoms with Gasteiger partial charge in [0.1, 0.15) is 5.82 Å². The van der Waals surface area contributed by atoms with E-state index >= 15 is 0 Å². The summed E-state index contributed by atoms with van der Waals surface area (Å²) >= 11 is 0. The van der Waals surface area contributed by atoms with Crippen LogP contribution in [0.25, 0.3) is 0 Å². The highest BCUT2D eigenvalue weighted by atomic mass is 16.2. The van der Waals surface area contributed by atoms with E-state index in [4.69, 9.17) is 0 Å². The molecule has 138 valence electrons. The zero-order valence-electron chi connectivity index (χ0n) is 16.0. The highest BCUT2D eigenvalue weighted by Gasteiger charge is 2.44. The molecule has 0 saturated heterocycles. The van der Waals surface area contributed by atoms with Gasteiger partial charge in [-0.15, -0.1) is 0 Å². The van der Waals surface area contributed by atoms with Gasteiger partial charge < -0.3 is 14.8 Å². The van der Waals surface area contributed by atoms with Crippen molar-refractivity contribution in [2.24, 2.45) is 11.8 Å². The van der Waals surface area contributed by atoms with E-state index in [1.165, 1.54) is 12.8 Å². The number of H-pyrrole nitrogens is 1. The molecule has 0 aromatic carbocycles. The standard InChI is InChI=1S/C19H30N4O2/c1-11-17(19(25)21-12(2)20-11)10-18(24)23(5)16-8-13-6-15(22(3)4)7-14(13)9-16/h13-16H,6-10H2,1-5H3,(H,20,21,25)/t13-,14+,15?,16?. The molecule has 0 bridgehead atoms. The van der Waals surface area contributed by atoms with Crippen LogP contribution in [0.2, 0.25) is 0 Å². The Morgan fingerprint density at radius 2 is 1.64 bits per heavy atom. The summed E-state index contributed by atoms with van der Waals surface area (Å²) in [4.78, 5) is 36.0. The molecule has 1 amide bonds. The Bertz CT molecular complexity index is 698. The first kappa shape index (κ1) is 18.1. The minimum Gasteiger partial charge on any atom is -0.342 e. The number of nitrogens with zero attached hydrogens (tertiary/aromatic N) is 3. The van der Waals surface area contributed by atoms with Crippen molar-refractivity contribution in [3.63, 3.8) is 0 Å². The lowest BCUT2D eigenvalue weighted by Crippen LogP contribution is -2.38. The monoisotopic (exact) mass is 346 g/mol. The fourth-order valence-corrected chi connectivity index (χ4v) is 4.73. The van der Waals surface area contributed by atoms with Crippen molar-refractivity contribution in [1.29, 1.82) is 0 Å². The number of aryl methyl sites for hydroxylation is 2. The summed E-state index contributed by atoms with van der Waals surface area (Å²) in [6, 6.07) is 1.00. The molecule has 0 aliphatic heterocycles. The van der Waals surface area contributed by atoms with Crippen LogP contribution < -0.4 is 5.56 Å². The highest BCUT2D eigenvalue weighted by Crippen LogP contribution is 2.46. The summed E-state index contributed by atoms with van der Waals surface area (Å²) < 4.78 is 0. The highest BCUT2D eigenvalue weighted by molar-refractivity contribution is 5.79. The second-order valence-corrected chi connectivity index (χ2v) is 8.13. The van der Waals surface area contributed by atoms with Crippen molar-refractivity contribution in [3.8, 4) is 0 Å². The molecule has 6 heteroatoms.